The van der Waals surface area contributed by atoms with Crippen LogP contribution in [0.25, 0.3) is 0 Å². The first-order valence-electron chi connectivity index (χ1n) is 5.50. The molecule has 0 saturated carbocycles. The molecule has 2 rings (SSSR count). The molecule has 0 radical (unpaired) electrons. The lowest BCUT2D eigenvalue weighted by Crippen LogP contribution is -2.13. The van der Waals surface area contributed by atoms with Crippen molar-refractivity contribution in [2.45, 2.75) is 4.90 Å². The molecule has 0 fully saturated rings. The Labute approximate surface area is 130 Å². The molecule has 1 N–H and O–H groups in total. The van der Waals surface area contributed by atoms with Crippen LogP contribution in [0.5, 0.6) is 0 Å². The molecule has 0 aliphatic heterocycles. The van der Waals surface area contributed by atoms with Gasteiger partial charge in [-0.25, -0.2) is 12.8 Å². The highest BCUT2D eigenvalue weighted by molar-refractivity contribution is 7.92. The van der Waals surface area contributed by atoms with Gasteiger partial charge in [0, 0.05) is 5.02 Å². The van der Waals surface area contributed by atoms with Gasteiger partial charge in [0.15, 0.2) is 0 Å². The van der Waals surface area contributed by atoms with Crippen LogP contribution in [0.3, 0.4) is 0 Å². The molecule has 2 aromatic carbocycles. The molecule has 108 valence electrons. The first-order chi connectivity index (χ1) is 9.81. The summed E-state index contributed by atoms with van der Waals surface area (Å²) in [5.74, 6) is -0.668. The number of nitrogens with zero attached hydrogens (tertiary/aromatic N) is 1. The maximum absolute atomic E-state index is 13.2. The molecule has 0 spiro atoms. The minimum Gasteiger partial charge on any atom is -0.279 e. The van der Waals surface area contributed by atoms with E-state index in [-0.39, 0.29) is 26.2 Å². The molecule has 8 heteroatoms. The molecule has 0 atom stereocenters. The average molecular weight is 345 g/mol. The van der Waals surface area contributed by atoms with Gasteiger partial charge in [-0.05, 0) is 36.4 Å². The van der Waals surface area contributed by atoms with Gasteiger partial charge in [-0.1, -0.05) is 23.2 Å². The number of rotatable bonds is 3. The summed E-state index contributed by atoms with van der Waals surface area (Å²) in [5, 5.41) is 8.82. The van der Waals surface area contributed by atoms with E-state index in [4.69, 9.17) is 28.5 Å². The van der Waals surface area contributed by atoms with Gasteiger partial charge < -0.3 is 0 Å². The first-order valence-corrected chi connectivity index (χ1v) is 7.74. The molecule has 4 nitrogen and oxygen atoms in total. The number of anilines is 1. The Hall–Kier alpha value is -1.81. The standard InChI is InChI=1S/C13H7Cl2FN2O2S/c14-9-3-10(16)5-11(4-9)18-21(19,20)12-2-1-8(7-17)13(15)6-12/h1-6,18H. The van der Waals surface area contributed by atoms with Crippen molar-refractivity contribution in [1.82, 2.24) is 0 Å². The van der Waals surface area contributed by atoms with Crippen LogP contribution in [-0.4, -0.2) is 8.42 Å². The zero-order valence-corrected chi connectivity index (χ0v) is 12.6. The van der Waals surface area contributed by atoms with Crippen LogP contribution in [0.1, 0.15) is 5.56 Å². The van der Waals surface area contributed by atoms with Crippen LogP contribution in [0.4, 0.5) is 10.1 Å². The fourth-order valence-corrected chi connectivity index (χ4v) is 3.16. The van der Waals surface area contributed by atoms with E-state index < -0.39 is 15.8 Å². The summed E-state index contributed by atoms with van der Waals surface area (Å²) in [7, 11) is -3.96. The van der Waals surface area contributed by atoms with Crippen LogP contribution >= 0.6 is 23.2 Å². The Morgan fingerprint density at radius 2 is 1.86 bits per heavy atom. The summed E-state index contributed by atoms with van der Waals surface area (Å²) in [5.41, 5.74) is 0.143. The highest BCUT2D eigenvalue weighted by Crippen LogP contribution is 2.24. The van der Waals surface area contributed by atoms with Crippen molar-refractivity contribution in [2.75, 3.05) is 4.72 Å². The molecule has 2 aromatic rings. The third-order valence-electron chi connectivity index (χ3n) is 2.49. The van der Waals surface area contributed by atoms with Crippen molar-refractivity contribution in [2.24, 2.45) is 0 Å². The van der Waals surface area contributed by atoms with E-state index in [0.29, 0.717) is 0 Å². The van der Waals surface area contributed by atoms with E-state index in [1.54, 1.807) is 0 Å². The van der Waals surface area contributed by atoms with Crippen molar-refractivity contribution >= 4 is 38.9 Å². The SMILES string of the molecule is N#Cc1ccc(S(=O)(=O)Nc2cc(F)cc(Cl)c2)cc1Cl. The second-order valence-electron chi connectivity index (χ2n) is 4.02. The Morgan fingerprint density at radius 3 is 2.43 bits per heavy atom. The van der Waals surface area contributed by atoms with Crippen LogP contribution in [0, 0.1) is 17.1 Å². The zero-order chi connectivity index (χ0) is 15.6. The quantitative estimate of drug-likeness (QED) is 0.920. The largest absolute Gasteiger partial charge is 0.279 e. The van der Waals surface area contributed by atoms with Crippen molar-refractivity contribution in [3.8, 4) is 6.07 Å². The fraction of sp³-hybridized carbons (Fsp3) is 0. The molecular weight excluding hydrogens is 338 g/mol. The number of halogens is 3. The minimum atomic E-state index is -3.96. The molecule has 0 amide bonds. The lowest BCUT2D eigenvalue weighted by atomic mass is 10.2. The third-order valence-corrected chi connectivity index (χ3v) is 4.40. The van der Waals surface area contributed by atoms with E-state index in [1.165, 1.54) is 18.2 Å². The maximum Gasteiger partial charge on any atom is 0.261 e. The second kappa shape index (κ2) is 5.90. The molecule has 0 unspecified atom stereocenters. The summed E-state index contributed by atoms with van der Waals surface area (Å²) in [4.78, 5) is -0.146. The Morgan fingerprint density at radius 1 is 1.14 bits per heavy atom. The number of hydrogen-bond donors (Lipinski definition) is 1. The molecule has 0 aliphatic rings. The Balaban J connectivity index is 2.39. The summed E-state index contributed by atoms with van der Waals surface area (Å²) in [6.45, 7) is 0. The lowest BCUT2D eigenvalue weighted by Gasteiger charge is -2.09. The topological polar surface area (TPSA) is 70.0 Å². The van der Waals surface area contributed by atoms with E-state index in [0.717, 1.165) is 18.2 Å². The average Bonchev–Trinajstić information content (AvgIpc) is 2.36. The lowest BCUT2D eigenvalue weighted by molar-refractivity contribution is 0.601. The van der Waals surface area contributed by atoms with E-state index in [9.17, 15) is 12.8 Å². The zero-order valence-electron chi connectivity index (χ0n) is 10.3. The summed E-state index contributed by atoms with van der Waals surface area (Å²) in [6, 6.07) is 8.80. The predicted molar refractivity (Wildman–Crippen MR) is 78.4 cm³/mol. The Bertz CT molecular complexity index is 827. The number of hydrogen-bond acceptors (Lipinski definition) is 3. The van der Waals surface area contributed by atoms with Crippen molar-refractivity contribution < 1.29 is 12.8 Å². The van der Waals surface area contributed by atoms with Gasteiger partial charge in [-0.3, -0.25) is 4.72 Å². The summed E-state index contributed by atoms with van der Waals surface area (Å²) >= 11 is 11.5. The van der Waals surface area contributed by atoms with Crippen LogP contribution in [0.15, 0.2) is 41.3 Å². The van der Waals surface area contributed by atoms with Gasteiger partial charge >= 0.3 is 0 Å². The summed E-state index contributed by atoms with van der Waals surface area (Å²) in [6.07, 6.45) is 0. The van der Waals surface area contributed by atoms with E-state index in [2.05, 4.69) is 4.72 Å². The molecule has 0 heterocycles. The van der Waals surface area contributed by atoms with Crippen LogP contribution < -0.4 is 4.72 Å². The van der Waals surface area contributed by atoms with Gasteiger partial charge in [-0.2, -0.15) is 5.26 Å². The number of sulfonamides is 1. The van der Waals surface area contributed by atoms with Crippen LogP contribution in [0.2, 0.25) is 10.0 Å². The van der Waals surface area contributed by atoms with Crippen molar-refractivity contribution in [3.63, 3.8) is 0 Å². The molecule has 0 saturated heterocycles. The number of benzene rings is 2. The molecule has 0 bridgehead atoms. The highest BCUT2D eigenvalue weighted by Gasteiger charge is 2.16. The molecule has 0 aliphatic carbocycles. The molecular formula is C13H7Cl2FN2O2S. The van der Waals surface area contributed by atoms with Crippen LogP contribution in [-0.2, 0) is 10.0 Å². The predicted octanol–water partition coefficient (Wildman–Crippen LogP) is 3.80. The van der Waals surface area contributed by atoms with Crippen molar-refractivity contribution in [1.29, 1.82) is 5.26 Å². The second-order valence-corrected chi connectivity index (χ2v) is 6.54. The fourth-order valence-electron chi connectivity index (χ4n) is 1.58. The van der Waals surface area contributed by atoms with Gasteiger partial charge in [0.1, 0.15) is 11.9 Å². The minimum absolute atomic E-state index is 0.0117. The number of nitriles is 1. The van der Waals surface area contributed by atoms with Crippen molar-refractivity contribution in [3.05, 3.63) is 57.8 Å². The first kappa shape index (κ1) is 15.6. The summed E-state index contributed by atoms with van der Waals surface area (Å²) < 4.78 is 39.7. The highest BCUT2D eigenvalue weighted by atomic mass is 35.5. The Kier molecular flexibility index (Phi) is 4.37. The molecule has 0 aromatic heterocycles. The normalized spacial score (nSPS) is 11.0. The maximum atomic E-state index is 13.2. The third kappa shape index (κ3) is 3.64. The number of nitrogens with one attached hydrogen (secondary N) is 1. The van der Waals surface area contributed by atoms with Gasteiger partial charge in [-0.15, -0.1) is 0 Å². The van der Waals surface area contributed by atoms with E-state index in [1.807, 2.05) is 6.07 Å². The van der Waals surface area contributed by atoms with E-state index >= 15 is 0 Å². The monoisotopic (exact) mass is 344 g/mol. The van der Waals surface area contributed by atoms with Gasteiger partial charge in [0.2, 0.25) is 0 Å². The van der Waals surface area contributed by atoms with Gasteiger partial charge in [0.05, 0.1) is 21.2 Å². The van der Waals surface area contributed by atoms with Gasteiger partial charge in [0.25, 0.3) is 10.0 Å². The smallest absolute Gasteiger partial charge is 0.261 e. The molecule has 21 heavy (non-hydrogen) atoms.